The number of morpholine rings is 1. The van der Waals surface area contributed by atoms with E-state index in [1.807, 2.05) is 0 Å². The number of rotatable bonds is 4. The van der Waals surface area contributed by atoms with E-state index in [0.29, 0.717) is 16.7 Å². The maximum absolute atomic E-state index is 11.8. The zero-order valence-corrected chi connectivity index (χ0v) is 11.6. The first-order valence-corrected chi connectivity index (χ1v) is 6.75. The molecule has 1 aliphatic rings. The lowest BCUT2D eigenvalue weighted by Crippen LogP contribution is -2.41. The van der Waals surface area contributed by atoms with Crippen LogP contribution in [0.4, 0.5) is 0 Å². The lowest BCUT2D eigenvalue weighted by Gasteiger charge is -2.26. The van der Waals surface area contributed by atoms with Crippen LogP contribution in [0.3, 0.4) is 0 Å². The SMILES string of the molecule is O=C(NCCN1CCOCC1)c1ccnc(Br)c1. The molecule has 0 spiro atoms. The van der Waals surface area contributed by atoms with Gasteiger partial charge in [0, 0.05) is 37.9 Å². The summed E-state index contributed by atoms with van der Waals surface area (Å²) in [5.41, 5.74) is 0.624. The fourth-order valence-electron chi connectivity index (χ4n) is 1.80. The highest BCUT2D eigenvalue weighted by molar-refractivity contribution is 9.10. The van der Waals surface area contributed by atoms with Crippen LogP contribution in [0.1, 0.15) is 10.4 Å². The van der Waals surface area contributed by atoms with Gasteiger partial charge in [0.2, 0.25) is 0 Å². The van der Waals surface area contributed by atoms with E-state index in [9.17, 15) is 4.79 Å². The van der Waals surface area contributed by atoms with Crippen LogP contribution in [0.2, 0.25) is 0 Å². The van der Waals surface area contributed by atoms with Crippen molar-refractivity contribution < 1.29 is 9.53 Å². The third kappa shape index (κ3) is 4.04. The fourth-order valence-corrected chi connectivity index (χ4v) is 2.16. The second-order valence-electron chi connectivity index (χ2n) is 4.08. The Morgan fingerprint density at radius 1 is 1.50 bits per heavy atom. The van der Waals surface area contributed by atoms with Gasteiger partial charge in [-0.2, -0.15) is 0 Å². The van der Waals surface area contributed by atoms with Crippen LogP contribution in [0.15, 0.2) is 22.9 Å². The average Bonchev–Trinajstić information content (AvgIpc) is 2.40. The minimum atomic E-state index is -0.0636. The normalized spacial score (nSPS) is 16.5. The predicted molar refractivity (Wildman–Crippen MR) is 71.5 cm³/mol. The molecule has 0 saturated carbocycles. The van der Waals surface area contributed by atoms with Gasteiger partial charge in [-0.15, -0.1) is 0 Å². The lowest BCUT2D eigenvalue weighted by atomic mass is 10.2. The standard InChI is InChI=1S/C12H16BrN3O2/c13-11-9-10(1-2-14-11)12(17)15-3-4-16-5-7-18-8-6-16/h1-2,9H,3-8H2,(H,15,17). The summed E-state index contributed by atoms with van der Waals surface area (Å²) in [6, 6.07) is 3.42. The lowest BCUT2D eigenvalue weighted by molar-refractivity contribution is 0.0383. The van der Waals surface area contributed by atoms with E-state index in [4.69, 9.17) is 4.74 Å². The van der Waals surface area contributed by atoms with Gasteiger partial charge in [-0.05, 0) is 28.1 Å². The van der Waals surface area contributed by atoms with Gasteiger partial charge < -0.3 is 10.1 Å². The van der Waals surface area contributed by atoms with Gasteiger partial charge in [-0.1, -0.05) is 0 Å². The molecule has 18 heavy (non-hydrogen) atoms. The van der Waals surface area contributed by atoms with E-state index >= 15 is 0 Å². The molecule has 6 heteroatoms. The van der Waals surface area contributed by atoms with E-state index < -0.39 is 0 Å². The average molecular weight is 314 g/mol. The number of hydrogen-bond donors (Lipinski definition) is 1. The number of carbonyl (C=O) groups is 1. The molecule has 2 rings (SSSR count). The molecule has 0 aliphatic carbocycles. The Kier molecular flexibility index (Phi) is 5.10. The van der Waals surface area contributed by atoms with E-state index in [-0.39, 0.29) is 5.91 Å². The molecule has 1 N–H and O–H groups in total. The van der Waals surface area contributed by atoms with Gasteiger partial charge in [0.25, 0.3) is 5.91 Å². The molecule has 0 aromatic carbocycles. The first kappa shape index (κ1) is 13.5. The molecular formula is C12H16BrN3O2. The van der Waals surface area contributed by atoms with Crippen LogP contribution in [-0.4, -0.2) is 55.2 Å². The maximum Gasteiger partial charge on any atom is 0.251 e. The number of pyridine rings is 1. The number of amides is 1. The van der Waals surface area contributed by atoms with E-state index in [0.717, 1.165) is 32.8 Å². The number of nitrogens with zero attached hydrogens (tertiary/aromatic N) is 2. The van der Waals surface area contributed by atoms with Crippen LogP contribution in [0.25, 0.3) is 0 Å². The summed E-state index contributed by atoms with van der Waals surface area (Å²) in [4.78, 5) is 18.1. The Labute approximate surface area is 115 Å². The van der Waals surface area contributed by atoms with Crippen LogP contribution in [-0.2, 0) is 4.74 Å². The van der Waals surface area contributed by atoms with Crippen LogP contribution in [0, 0.1) is 0 Å². The molecule has 0 unspecified atom stereocenters. The van der Waals surface area contributed by atoms with Crippen molar-refractivity contribution in [2.24, 2.45) is 0 Å². The number of hydrogen-bond acceptors (Lipinski definition) is 4. The number of carbonyl (C=O) groups excluding carboxylic acids is 1. The van der Waals surface area contributed by atoms with Crippen LogP contribution >= 0.6 is 15.9 Å². The van der Waals surface area contributed by atoms with E-state index in [1.54, 1.807) is 18.3 Å². The van der Waals surface area contributed by atoms with E-state index in [2.05, 4.69) is 31.1 Å². The number of ether oxygens (including phenoxy) is 1. The highest BCUT2D eigenvalue weighted by Gasteiger charge is 2.10. The van der Waals surface area contributed by atoms with Gasteiger partial charge in [-0.3, -0.25) is 9.69 Å². The van der Waals surface area contributed by atoms with E-state index in [1.165, 1.54) is 0 Å². The third-order valence-electron chi connectivity index (χ3n) is 2.81. The van der Waals surface area contributed by atoms with Gasteiger partial charge in [0.15, 0.2) is 0 Å². The van der Waals surface area contributed by atoms with Gasteiger partial charge in [-0.25, -0.2) is 4.98 Å². The van der Waals surface area contributed by atoms with Crippen molar-refractivity contribution in [2.75, 3.05) is 39.4 Å². The Morgan fingerprint density at radius 3 is 3.00 bits per heavy atom. The maximum atomic E-state index is 11.8. The van der Waals surface area contributed by atoms with Crippen molar-refractivity contribution in [1.82, 2.24) is 15.2 Å². The molecule has 0 atom stereocenters. The Bertz CT molecular complexity index is 408. The Morgan fingerprint density at radius 2 is 2.28 bits per heavy atom. The van der Waals surface area contributed by atoms with Crippen molar-refractivity contribution in [2.45, 2.75) is 0 Å². The molecule has 98 valence electrons. The summed E-state index contributed by atoms with van der Waals surface area (Å²) in [5, 5.41) is 2.90. The van der Waals surface area contributed by atoms with Crippen LogP contribution in [0.5, 0.6) is 0 Å². The van der Waals surface area contributed by atoms with Crippen molar-refractivity contribution in [1.29, 1.82) is 0 Å². The molecule has 2 heterocycles. The third-order valence-corrected chi connectivity index (χ3v) is 3.24. The minimum Gasteiger partial charge on any atom is -0.379 e. The molecule has 1 fully saturated rings. The fraction of sp³-hybridized carbons (Fsp3) is 0.500. The molecule has 1 amide bonds. The second-order valence-corrected chi connectivity index (χ2v) is 4.89. The van der Waals surface area contributed by atoms with Crippen molar-refractivity contribution in [3.8, 4) is 0 Å². The molecule has 1 aromatic rings. The molecule has 1 aromatic heterocycles. The zero-order chi connectivity index (χ0) is 12.8. The first-order chi connectivity index (χ1) is 8.75. The van der Waals surface area contributed by atoms with Crippen molar-refractivity contribution in [3.05, 3.63) is 28.5 Å². The highest BCUT2D eigenvalue weighted by atomic mass is 79.9. The van der Waals surface area contributed by atoms with Crippen LogP contribution < -0.4 is 5.32 Å². The summed E-state index contributed by atoms with van der Waals surface area (Å²) in [6.07, 6.45) is 1.61. The highest BCUT2D eigenvalue weighted by Crippen LogP contribution is 2.07. The summed E-state index contributed by atoms with van der Waals surface area (Å²) in [7, 11) is 0. The van der Waals surface area contributed by atoms with Crippen molar-refractivity contribution in [3.63, 3.8) is 0 Å². The summed E-state index contributed by atoms with van der Waals surface area (Å²) in [5.74, 6) is -0.0636. The van der Waals surface area contributed by atoms with Gasteiger partial charge in [0.05, 0.1) is 13.2 Å². The number of halogens is 1. The summed E-state index contributed by atoms with van der Waals surface area (Å²) >= 11 is 3.25. The monoisotopic (exact) mass is 313 g/mol. The van der Waals surface area contributed by atoms with Crippen molar-refractivity contribution >= 4 is 21.8 Å². The van der Waals surface area contributed by atoms with Gasteiger partial charge >= 0.3 is 0 Å². The first-order valence-electron chi connectivity index (χ1n) is 5.95. The molecular weight excluding hydrogens is 298 g/mol. The molecule has 5 nitrogen and oxygen atoms in total. The summed E-state index contributed by atoms with van der Waals surface area (Å²) in [6.45, 7) is 4.96. The topological polar surface area (TPSA) is 54.5 Å². The molecule has 1 aliphatic heterocycles. The minimum absolute atomic E-state index is 0.0636. The quantitative estimate of drug-likeness (QED) is 0.839. The Hall–Kier alpha value is -0.980. The smallest absolute Gasteiger partial charge is 0.251 e. The largest absolute Gasteiger partial charge is 0.379 e. The van der Waals surface area contributed by atoms with Gasteiger partial charge in [0.1, 0.15) is 4.60 Å². The summed E-state index contributed by atoms with van der Waals surface area (Å²) < 4.78 is 5.94. The zero-order valence-electron chi connectivity index (χ0n) is 10.1. The predicted octanol–water partition coefficient (Wildman–Crippen LogP) is 0.906. The number of aromatic nitrogens is 1. The Balaban J connectivity index is 1.74. The second kappa shape index (κ2) is 6.82. The molecule has 0 radical (unpaired) electrons. The molecule has 1 saturated heterocycles. The molecule has 0 bridgehead atoms. The number of nitrogens with one attached hydrogen (secondary N) is 1.